The van der Waals surface area contributed by atoms with Gasteiger partial charge in [-0.15, -0.1) is 0 Å². The van der Waals surface area contributed by atoms with Crippen molar-refractivity contribution in [2.45, 2.75) is 19.4 Å². The average Bonchev–Trinajstić information content (AvgIpc) is 3.50. The fraction of sp³-hybridized carbons (Fsp3) is 0.208. The molecule has 0 radical (unpaired) electrons. The largest absolute Gasteiger partial charge is 0.497 e. The highest BCUT2D eigenvalue weighted by Crippen LogP contribution is 2.20. The van der Waals surface area contributed by atoms with Crippen molar-refractivity contribution in [1.82, 2.24) is 15.0 Å². The van der Waals surface area contributed by atoms with Crippen molar-refractivity contribution < 1.29 is 22.9 Å². The number of nitrogens with zero attached hydrogens (tertiary/aromatic N) is 3. The minimum atomic E-state index is -0.335. The van der Waals surface area contributed by atoms with E-state index in [1.165, 1.54) is 12.1 Å². The van der Waals surface area contributed by atoms with Gasteiger partial charge in [0.15, 0.2) is 0 Å². The molecule has 4 aromatic rings. The van der Waals surface area contributed by atoms with Crippen LogP contribution in [0.3, 0.4) is 0 Å². The van der Waals surface area contributed by atoms with E-state index in [1.54, 1.807) is 36.5 Å². The summed E-state index contributed by atoms with van der Waals surface area (Å²) >= 11 is 0. The van der Waals surface area contributed by atoms with Crippen LogP contribution >= 0.6 is 0 Å². The van der Waals surface area contributed by atoms with Crippen LogP contribution in [-0.4, -0.2) is 34.6 Å². The highest BCUT2D eigenvalue weighted by atomic mass is 19.1. The Hall–Kier alpha value is -3.94. The molecule has 0 atom stereocenters. The Balaban J connectivity index is 1.43. The molecule has 0 aliphatic rings. The van der Waals surface area contributed by atoms with Gasteiger partial charge in [-0.25, -0.2) is 4.39 Å². The smallest absolute Gasteiger partial charge is 0.228 e. The zero-order valence-electron chi connectivity index (χ0n) is 17.5. The molecule has 8 heteroatoms. The second-order valence-corrected chi connectivity index (χ2v) is 7.19. The Kier molecular flexibility index (Phi) is 6.60. The number of hydrogen-bond donors (Lipinski definition) is 0. The monoisotopic (exact) mass is 435 g/mol. The molecule has 2 aromatic carbocycles. The SMILES string of the molecule is COc1ccc(-c2noc(CCN(Cc3ccco3)C(=O)Cc3ccc(F)cc3)n2)cc1. The highest BCUT2D eigenvalue weighted by Gasteiger charge is 2.18. The van der Waals surface area contributed by atoms with Crippen LogP contribution in [0.15, 0.2) is 75.9 Å². The summed E-state index contributed by atoms with van der Waals surface area (Å²) in [5, 5.41) is 4.03. The minimum absolute atomic E-state index is 0.108. The van der Waals surface area contributed by atoms with E-state index in [1.807, 2.05) is 30.3 Å². The summed E-state index contributed by atoms with van der Waals surface area (Å²) in [6, 6.07) is 16.8. The maximum atomic E-state index is 13.2. The molecular weight excluding hydrogens is 413 g/mol. The third kappa shape index (κ3) is 5.40. The van der Waals surface area contributed by atoms with Crippen LogP contribution in [0.5, 0.6) is 5.75 Å². The lowest BCUT2D eigenvalue weighted by molar-refractivity contribution is -0.131. The van der Waals surface area contributed by atoms with Gasteiger partial charge in [-0.1, -0.05) is 17.3 Å². The zero-order valence-corrected chi connectivity index (χ0v) is 17.5. The van der Waals surface area contributed by atoms with Crippen molar-refractivity contribution in [1.29, 1.82) is 0 Å². The minimum Gasteiger partial charge on any atom is -0.497 e. The van der Waals surface area contributed by atoms with Crippen molar-refractivity contribution in [3.8, 4) is 17.1 Å². The second-order valence-electron chi connectivity index (χ2n) is 7.19. The van der Waals surface area contributed by atoms with Gasteiger partial charge in [0.2, 0.25) is 17.6 Å². The highest BCUT2D eigenvalue weighted by molar-refractivity contribution is 5.78. The van der Waals surface area contributed by atoms with Gasteiger partial charge in [-0.2, -0.15) is 4.98 Å². The first-order valence-corrected chi connectivity index (χ1v) is 10.1. The molecule has 32 heavy (non-hydrogen) atoms. The van der Waals surface area contributed by atoms with Crippen LogP contribution in [0.4, 0.5) is 4.39 Å². The Morgan fingerprint density at radius 3 is 2.56 bits per heavy atom. The van der Waals surface area contributed by atoms with Gasteiger partial charge in [-0.3, -0.25) is 4.79 Å². The third-order valence-corrected chi connectivity index (χ3v) is 4.96. The Labute approximate surface area is 184 Å². The van der Waals surface area contributed by atoms with E-state index in [-0.39, 0.29) is 18.1 Å². The summed E-state index contributed by atoms with van der Waals surface area (Å²) in [4.78, 5) is 19.0. The van der Waals surface area contributed by atoms with Gasteiger partial charge >= 0.3 is 0 Å². The maximum absolute atomic E-state index is 13.2. The van der Waals surface area contributed by atoms with Crippen LogP contribution in [0.1, 0.15) is 17.2 Å². The summed E-state index contributed by atoms with van der Waals surface area (Å²) in [7, 11) is 1.60. The normalized spacial score (nSPS) is 10.8. The van der Waals surface area contributed by atoms with E-state index >= 15 is 0 Å². The van der Waals surface area contributed by atoms with Crippen molar-refractivity contribution in [2.24, 2.45) is 0 Å². The summed E-state index contributed by atoms with van der Waals surface area (Å²) in [5.74, 6) is 1.86. The van der Waals surface area contributed by atoms with Gasteiger partial charge in [0.1, 0.15) is 17.3 Å². The van der Waals surface area contributed by atoms with Gasteiger partial charge in [0.05, 0.1) is 26.3 Å². The molecular formula is C24H22FN3O4. The first kappa shape index (κ1) is 21.3. The molecule has 0 bridgehead atoms. The number of hydrogen-bond acceptors (Lipinski definition) is 6. The molecule has 0 unspecified atom stereocenters. The van der Waals surface area contributed by atoms with E-state index in [2.05, 4.69) is 10.1 Å². The summed E-state index contributed by atoms with van der Waals surface area (Å²) in [6.07, 6.45) is 2.11. The first-order chi connectivity index (χ1) is 15.6. The van der Waals surface area contributed by atoms with Gasteiger partial charge in [0.25, 0.3) is 0 Å². The van der Waals surface area contributed by atoms with Crippen molar-refractivity contribution in [3.05, 3.63) is 90.0 Å². The number of aromatic nitrogens is 2. The predicted octanol–water partition coefficient (Wildman–Crippen LogP) is 4.29. The fourth-order valence-corrected chi connectivity index (χ4v) is 3.22. The third-order valence-electron chi connectivity index (χ3n) is 4.96. The first-order valence-electron chi connectivity index (χ1n) is 10.1. The molecule has 164 valence electrons. The maximum Gasteiger partial charge on any atom is 0.228 e. The Bertz CT molecular complexity index is 1140. The van der Waals surface area contributed by atoms with E-state index < -0.39 is 0 Å². The number of carbonyl (C=O) groups is 1. The van der Waals surface area contributed by atoms with Crippen molar-refractivity contribution >= 4 is 5.91 Å². The van der Waals surface area contributed by atoms with Crippen LogP contribution in [0.25, 0.3) is 11.4 Å². The molecule has 2 heterocycles. The molecule has 2 aromatic heterocycles. The van der Waals surface area contributed by atoms with Gasteiger partial charge in [0, 0.05) is 18.5 Å². The quantitative estimate of drug-likeness (QED) is 0.390. The van der Waals surface area contributed by atoms with Crippen LogP contribution in [0.2, 0.25) is 0 Å². The van der Waals surface area contributed by atoms with Crippen LogP contribution in [-0.2, 0) is 24.2 Å². The number of furan rings is 1. The predicted molar refractivity (Wildman–Crippen MR) is 114 cm³/mol. The van der Waals surface area contributed by atoms with Gasteiger partial charge in [-0.05, 0) is 54.1 Å². The summed E-state index contributed by atoms with van der Waals surface area (Å²) in [6.45, 7) is 0.678. The molecule has 0 fully saturated rings. The van der Waals surface area contributed by atoms with Crippen LogP contribution < -0.4 is 4.74 Å². The molecule has 0 saturated heterocycles. The second kappa shape index (κ2) is 9.91. The number of methoxy groups -OCH3 is 1. The molecule has 7 nitrogen and oxygen atoms in total. The summed E-state index contributed by atoms with van der Waals surface area (Å²) < 4.78 is 29.1. The number of carbonyl (C=O) groups excluding carboxylic acids is 1. The number of amides is 1. The standard InChI is InChI=1S/C24H22FN3O4/c1-30-20-10-6-18(7-11-20)24-26-22(32-27-24)12-13-28(16-21-3-2-14-31-21)23(29)15-17-4-8-19(25)9-5-17/h2-11,14H,12-13,15-16H2,1H3. The Morgan fingerprint density at radius 1 is 1.09 bits per heavy atom. The van der Waals surface area contributed by atoms with Crippen LogP contribution in [0, 0.1) is 5.82 Å². The Morgan fingerprint density at radius 2 is 1.88 bits per heavy atom. The number of ether oxygens (including phenoxy) is 1. The fourth-order valence-electron chi connectivity index (χ4n) is 3.22. The van der Waals surface area contributed by atoms with E-state index in [9.17, 15) is 9.18 Å². The molecule has 0 aliphatic carbocycles. The topological polar surface area (TPSA) is 81.6 Å². The number of benzene rings is 2. The molecule has 4 rings (SSSR count). The van der Waals surface area contributed by atoms with E-state index in [0.717, 1.165) is 16.9 Å². The number of rotatable bonds is 9. The average molecular weight is 435 g/mol. The molecule has 0 spiro atoms. The molecule has 0 aliphatic heterocycles. The lowest BCUT2D eigenvalue weighted by Gasteiger charge is -2.21. The lowest BCUT2D eigenvalue weighted by atomic mass is 10.1. The lowest BCUT2D eigenvalue weighted by Crippen LogP contribution is -2.33. The molecule has 1 amide bonds. The van der Waals surface area contributed by atoms with Gasteiger partial charge < -0.3 is 18.6 Å². The van der Waals surface area contributed by atoms with E-state index in [0.29, 0.717) is 37.0 Å². The van der Waals surface area contributed by atoms with Crippen molar-refractivity contribution in [3.63, 3.8) is 0 Å². The van der Waals surface area contributed by atoms with Crippen molar-refractivity contribution in [2.75, 3.05) is 13.7 Å². The van der Waals surface area contributed by atoms with E-state index in [4.69, 9.17) is 13.7 Å². The summed E-state index contributed by atoms with van der Waals surface area (Å²) in [5.41, 5.74) is 1.54. The zero-order chi connectivity index (χ0) is 22.3. The molecule has 0 N–H and O–H groups in total. The number of halogens is 1. The molecule has 0 saturated carbocycles.